The molecule has 3 heteroatoms. The van der Waals surface area contributed by atoms with Gasteiger partial charge in [0.15, 0.2) is 0 Å². The summed E-state index contributed by atoms with van der Waals surface area (Å²) in [6.45, 7) is 4.67. The Balaban J connectivity index is 3.01. The first-order valence-electron chi connectivity index (χ1n) is 5.46. The van der Waals surface area contributed by atoms with Crippen LogP contribution in [-0.2, 0) is 0 Å². The van der Waals surface area contributed by atoms with E-state index in [2.05, 4.69) is 0 Å². The molecule has 1 aromatic carbocycles. The average molecular weight is 226 g/mol. The number of nitrogens with zero attached hydrogens (tertiary/aromatic N) is 2. The zero-order chi connectivity index (χ0) is 12.7. The second-order valence-electron chi connectivity index (χ2n) is 3.66. The standard InChI is InChI=1S/C14H14N2O/c1-3-6-17-14-8-12(5-4-11(14)2)7-13(9-15)10-16/h4-5,7-8H,3,6H2,1-2H3. The molecule has 3 nitrogen and oxygen atoms in total. The van der Waals surface area contributed by atoms with Crippen LogP contribution in [0.1, 0.15) is 24.5 Å². The number of nitriles is 2. The van der Waals surface area contributed by atoms with E-state index in [-0.39, 0.29) is 5.57 Å². The molecule has 0 spiro atoms. The Morgan fingerprint density at radius 2 is 2.06 bits per heavy atom. The third-order valence-electron chi connectivity index (χ3n) is 2.23. The summed E-state index contributed by atoms with van der Waals surface area (Å²) in [4.78, 5) is 0. The van der Waals surface area contributed by atoms with E-state index in [1.165, 1.54) is 0 Å². The lowest BCUT2D eigenvalue weighted by Crippen LogP contribution is -1.97. The number of hydrogen-bond donors (Lipinski definition) is 0. The van der Waals surface area contributed by atoms with E-state index in [1.54, 1.807) is 6.08 Å². The minimum atomic E-state index is 0.0929. The first-order chi connectivity index (χ1) is 8.21. The highest BCUT2D eigenvalue weighted by atomic mass is 16.5. The van der Waals surface area contributed by atoms with Crippen molar-refractivity contribution in [1.29, 1.82) is 10.5 Å². The molecule has 0 aliphatic rings. The zero-order valence-corrected chi connectivity index (χ0v) is 10.0. The number of hydrogen-bond acceptors (Lipinski definition) is 3. The number of benzene rings is 1. The fourth-order valence-corrected chi connectivity index (χ4v) is 1.33. The van der Waals surface area contributed by atoms with Gasteiger partial charge in [-0.1, -0.05) is 19.1 Å². The molecule has 0 aliphatic carbocycles. The minimum Gasteiger partial charge on any atom is -0.493 e. The van der Waals surface area contributed by atoms with E-state index in [9.17, 15) is 0 Å². The van der Waals surface area contributed by atoms with Gasteiger partial charge in [0.2, 0.25) is 0 Å². The first kappa shape index (κ1) is 12.8. The Kier molecular flexibility index (Phi) is 4.78. The number of rotatable bonds is 4. The number of allylic oxidation sites excluding steroid dienone is 1. The van der Waals surface area contributed by atoms with Gasteiger partial charge in [0.05, 0.1) is 6.61 Å². The molecule has 0 saturated heterocycles. The highest BCUT2D eigenvalue weighted by Crippen LogP contribution is 2.21. The highest BCUT2D eigenvalue weighted by molar-refractivity contribution is 5.63. The van der Waals surface area contributed by atoms with Crippen LogP contribution in [0.5, 0.6) is 5.75 Å². The van der Waals surface area contributed by atoms with Crippen molar-refractivity contribution >= 4 is 6.08 Å². The summed E-state index contributed by atoms with van der Waals surface area (Å²) in [6, 6.07) is 9.30. The van der Waals surface area contributed by atoms with Crippen LogP contribution in [0.15, 0.2) is 23.8 Å². The van der Waals surface area contributed by atoms with Crippen molar-refractivity contribution in [2.24, 2.45) is 0 Å². The first-order valence-corrected chi connectivity index (χ1v) is 5.46. The molecule has 1 rings (SSSR count). The van der Waals surface area contributed by atoms with E-state index in [1.807, 2.05) is 44.2 Å². The van der Waals surface area contributed by atoms with Crippen molar-refractivity contribution in [3.63, 3.8) is 0 Å². The predicted octanol–water partition coefficient (Wildman–Crippen LogP) is 3.21. The van der Waals surface area contributed by atoms with Crippen LogP contribution in [0, 0.1) is 29.6 Å². The molecule has 0 heterocycles. The van der Waals surface area contributed by atoms with Crippen molar-refractivity contribution in [1.82, 2.24) is 0 Å². The Morgan fingerprint density at radius 3 is 2.65 bits per heavy atom. The summed E-state index contributed by atoms with van der Waals surface area (Å²) in [5.41, 5.74) is 1.95. The molecule has 0 aliphatic heterocycles. The molecule has 0 saturated carbocycles. The monoisotopic (exact) mass is 226 g/mol. The number of ether oxygens (including phenoxy) is 1. The van der Waals surface area contributed by atoms with E-state index in [4.69, 9.17) is 15.3 Å². The summed E-state index contributed by atoms with van der Waals surface area (Å²) in [5.74, 6) is 0.802. The van der Waals surface area contributed by atoms with Crippen molar-refractivity contribution < 1.29 is 4.74 Å². The molecule has 0 amide bonds. The fourth-order valence-electron chi connectivity index (χ4n) is 1.33. The molecule has 0 bridgehead atoms. The predicted molar refractivity (Wildman–Crippen MR) is 66.2 cm³/mol. The smallest absolute Gasteiger partial charge is 0.130 e. The summed E-state index contributed by atoms with van der Waals surface area (Å²) in [7, 11) is 0. The van der Waals surface area contributed by atoms with Crippen molar-refractivity contribution in [2.45, 2.75) is 20.3 Å². The van der Waals surface area contributed by atoms with E-state index >= 15 is 0 Å². The minimum absolute atomic E-state index is 0.0929. The van der Waals surface area contributed by atoms with Gasteiger partial charge in [0.25, 0.3) is 0 Å². The Bertz CT molecular complexity index is 488. The summed E-state index contributed by atoms with van der Waals surface area (Å²) in [6.07, 6.45) is 2.50. The Labute approximate surface area is 102 Å². The quantitative estimate of drug-likeness (QED) is 0.740. The van der Waals surface area contributed by atoms with Gasteiger partial charge in [0, 0.05) is 0 Å². The van der Waals surface area contributed by atoms with Crippen LogP contribution >= 0.6 is 0 Å². The lowest BCUT2D eigenvalue weighted by Gasteiger charge is -2.08. The maximum absolute atomic E-state index is 8.68. The molecule has 0 atom stereocenters. The van der Waals surface area contributed by atoms with Gasteiger partial charge in [-0.2, -0.15) is 10.5 Å². The largest absolute Gasteiger partial charge is 0.493 e. The summed E-state index contributed by atoms with van der Waals surface area (Å²) in [5, 5.41) is 17.4. The molecule has 0 unspecified atom stereocenters. The molecular weight excluding hydrogens is 212 g/mol. The second-order valence-corrected chi connectivity index (χ2v) is 3.66. The lowest BCUT2D eigenvalue weighted by atomic mass is 10.1. The van der Waals surface area contributed by atoms with Gasteiger partial charge in [-0.15, -0.1) is 0 Å². The summed E-state index contributed by atoms with van der Waals surface area (Å²) < 4.78 is 5.58. The normalized spacial score (nSPS) is 8.94. The van der Waals surface area contributed by atoms with Crippen LogP contribution in [0.4, 0.5) is 0 Å². The van der Waals surface area contributed by atoms with E-state index in [0.717, 1.165) is 23.3 Å². The maximum atomic E-state index is 8.68. The third kappa shape index (κ3) is 3.66. The van der Waals surface area contributed by atoms with Gasteiger partial charge in [-0.3, -0.25) is 0 Å². The molecule has 0 radical (unpaired) electrons. The van der Waals surface area contributed by atoms with Gasteiger partial charge >= 0.3 is 0 Å². The van der Waals surface area contributed by atoms with Gasteiger partial charge < -0.3 is 4.74 Å². The highest BCUT2D eigenvalue weighted by Gasteiger charge is 2.01. The zero-order valence-electron chi connectivity index (χ0n) is 10.0. The second kappa shape index (κ2) is 6.35. The van der Waals surface area contributed by atoms with Crippen LogP contribution in [0.2, 0.25) is 0 Å². The van der Waals surface area contributed by atoms with Crippen LogP contribution < -0.4 is 4.74 Å². The fraction of sp³-hybridized carbons (Fsp3) is 0.286. The molecule has 1 aromatic rings. The molecular formula is C14H14N2O. The average Bonchev–Trinajstić information content (AvgIpc) is 2.36. The molecule has 0 N–H and O–H groups in total. The van der Waals surface area contributed by atoms with Crippen molar-refractivity contribution in [2.75, 3.05) is 6.61 Å². The van der Waals surface area contributed by atoms with Crippen molar-refractivity contribution in [3.05, 3.63) is 34.9 Å². The number of aryl methyl sites for hydroxylation is 1. The van der Waals surface area contributed by atoms with Crippen LogP contribution in [0.25, 0.3) is 6.08 Å². The summed E-state index contributed by atoms with van der Waals surface area (Å²) >= 11 is 0. The Hall–Kier alpha value is -2.26. The Morgan fingerprint density at radius 1 is 1.35 bits per heavy atom. The molecule has 0 fully saturated rings. The molecule has 0 aromatic heterocycles. The topological polar surface area (TPSA) is 56.8 Å². The SMILES string of the molecule is CCCOc1cc(C=C(C#N)C#N)ccc1C. The molecule has 86 valence electrons. The van der Waals surface area contributed by atoms with Gasteiger partial charge in [0.1, 0.15) is 23.5 Å². The maximum Gasteiger partial charge on any atom is 0.130 e. The molecule has 17 heavy (non-hydrogen) atoms. The van der Waals surface area contributed by atoms with Gasteiger partial charge in [-0.25, -0.2) is 0 Å². The van der Waals surface area contributed by atoms with Gasteiger partial charge in [-0.05, 0) is 36.6 Å². The van der Waals surface area contributed by atoms with E-state index in [0.29, 0.717) is 6.61 Å². The third-order valence-corrected chi connectivity index (χ3v) is 2.23. The van der Waals surface area contributed by atoms with Crippen LogP contribution in [0.3, 0.4) is 0 Å². The van der Waals surface area contributed by atoms with E-state index < -0.39 is 0 Å². The lowest BCUT2D eigenvalue weighted by molar-refractivity contribution is 0.315. The van der Waals surface area contributed by atoms with Crippen molar-refractivity contribution in [3.8, 4) is 17.9 Å². The van der Waals surface area contributed by atoms with Crippen LogP contribution in [-0.4, -0.2) is 6.61 Å².